The highest BCUT2D eigenvalue weighted by molar-refractivity contribution is 7.47. The molecule has 0 heterocycles. The van der Waals surface area contributed by atoms with Crippen LogP contribution in [0, 0.1) is 0 Å². The van der Waals surface area contributed by atoms with E-state index < -0.39 is 91.5 Å². The van der Waals surface area contributed by atoms with Gasteiger partial charge in [-0.2, -0.15) is 0 Å². The van der Waals surface area contributed by atoms with Gasteiger partial charge in [-0.15, -0.1) is 0 Å². The molecular weight excluding hydrogens is 1530 g/mol. The second-order valence-corrected chi connectivity index (χ2v) is 36.1. The van der Waals surface area contributed by atoms with Crippen molar-refractivity contribution in [3.63, 3.8) is 0 Å². The van der Waals surface area contributed by atoms with Crippen LogP contribution in [0.15, 0.2) is 109 Å². The zero-order chi connectivity index (χ0) is 86.5. The summed E-state index contributed by atoms with van der Waals surface area (Å²) in [4.78, 5) is 59.0. The molecule has 0 fully saturated rings. The smallest absolute Gasteiger partial charge is 0.463 e. The minimum atomic E-state index is -4.93. The molecule has 5 atom stereocenters. The Morgan fingerprint density at radius 2 is 0.445 bits per heavy atom. The van der Waals surface area contributed by atoms with Crippen LogP contribution in [0.4, 0.5) is 0 Å². The van der Waals surface area contributed by atoms with Crippen molar-refractivity contribution in [2.75, 3.05) is 39.6 Å². The Morgan fingerprint density at radius 1 is 0.244 bits per heavy atom. The van der Waals surface area contributed by atoms with Crippen LogP contribution in [0.5, 0.6) is 0 Å². The number of rotatable bonds is 94. The van der Waals surface area contributed by atoms with Gasteiger partial charge in [-0.05, 0) is 109 Å². The number of hydrogen-bond donors (Lipinski definition) is 4. The maximum absolute atomic E-state index is 13.0. The lowest BCUT2D eigenvalue weighted by Crippen LogP contribution is -2.30. The molecule has 0 amide bonds. The summed E-state index contributed by atoms with van der Waals surface area (Å²) in [6.07, 6.45) is 115. The van der Waals surface area contributed by atoms with E-state index in [0.717, 1.165) is 116 Å². The molecule has 0 aromatic heterocycles. The van der Waals surface area contributed by atoms with Gasteiger partial charge in [0.2, 0.25) is 0 Å². The average molecular weight is 1710 g/mol. The number of carbonyl (C=O) groups excluding carboxylic acids is 3. The van der Waals surface area contributed by atoms with Crippen molar-refractivity contribution in [2.45, 2.75) is 476 Å². The van der Waals surface area contributed by atoms with E-state index in [4.69, 9.17) is 32.3 Å². The molecule has 0 aliphatic rings. The quantitative estimate of drug-likeness (QED) is 0.0146. The summed E-state index contributed by atoms with van der Waals surface area (Å²) in [7, 11) is -9.79. The first kappa shape index (κ1) is 115. The SMILES string of the molecule is CC/C=C\C/C=C\C/C=C\C/C=C\C/C=C\CCCCCCCCCCCCCCCCCCCCCC(=O)OCC(O)COP(=O)(O)OCC(O)COP(=O)(O)OCC(COC(=O)CCCCCCCCCCCCCCCCCCC/C=C\C/C=C\C/C=C\C/C=C\CCCCC)OC(=O)CCCCCCCCCCCCCCCCC. The Balaban J connectivity index is 4.38. The van der Waals surface area contributed by atoms with Gasteiger partial charge >= 0.3 is 33.6 Å². The third kappa shape index (κ3) is 94.7. The molecule has 0 aromatic rings. The van der Waals surface area contributed by atoms with Crippen molar-refractivity contribution in [3.8, 4) is 0 Å². The Bertz CT molecular complexity index is 2590. The highest BCUT2D eigenvalue weighted by Gasteiger charge is 2.30. The fourth-order valence-electron chi connectivity index (χ4n) is 14.1. The highest BCUT2D eigenvalue weighted by Crippen LogP contribution is 2.45. The monoisotopic (exact) mass is 1710 g/mol. The number of aliphatic hydroxyl groups excluding tert-OH is 2. The lowest BCUT2D eigenvalue weighted by molar-refractivity contribution is -0.161. The van der Waals surface area contributed by atoms with Gasteiger partial charge in [0.1, 0.15) is 25.4 Å². The highest BCUT2D eigenvalue weighted by atomic mass is 31.2. The standard InChI is InChI=1S/C101H182O16P2/c1-4-7-10-13-16-19-22-25-28-30-32-34-36-38-40-42-44-46-47-49-51-52-54-56-58-60-62-64-67-69-72-75-78-81-84-87-99(104)111-90-96(102)91-113-118(107,108)114-92-97(103)93-115-119(109,110)116-95-98(117-101(106)89-86-83-80-77-74-71-66-27-24-21-18-15-12-9-6-3)94-112-100(105)88-85-82-79-76-73-70-68-65-63-61-59-57-55-53-50-48-45-43-41-39-37-35-33-31-29-26-23-20-17-14-11-8-5-2/h7,10,16-17,19-20,25-26,28-29,32-35,38-41,96-98,102-103H,4-6,8-9,11-15,18,21-24,27,30-31,36-37,42-95H2,1-3H3,(H,107,108)(H,109,110)/b10-7-,19-16-,20-17-,28-25-,29-26-,34-32-,35-33-,40-38-,41-39-. The number of phosphoric acid groups is 2. The normalized spacial score (nSPS) is 14.2. The number of phosphoric ester groups is 2. The van der Waals surface area contributed by atoms with Crippen LogP contribution >= 0.6 is 15.6 Å². The predicted octanol–water partition coefficient (Wildman–Crippen LogP) is 30.6. The molecule has 0 saturated heterocycles. The van der Waals surface area contributed by atoms with Gasteiger partial charge in [0.05, 0.1) is 26.4 Å². The van der Waals surface area contributed by atoms with Crippen LogP contribution in [0.25, 0.3) is 0 Å². The first-order valence-electron chi connectivity index (χ1n) is 49.2. The number of unbranched alkanes of at least 4 members (excludes halogenated alkanes) is 53. The molecule has 18 heteroatoms. The summed E-state index contributed by atoms with van der Waals surface area (Å²) in [5.41, 5.74) is 0. The number of ether oxygens (including phenoxy) is 3. The van der Waals surface area contributed by atoms with E-state index in [1.165, 1.54) is 283 Å². The Morgan fingerprint density at radius 3 is 0.723 bits per heavy atom. The Labute approximate surface area is 730 Å². The number of hydrogen-bond acceptors (Lipinski definition) is 14. The van der Waals surface area contributed by atoms with Crippen molar-refractivity contribution in [2.24, 2.45) is 0 Å². The van der Waals surface area contributed by atoms with E-state index in [0.29, 0.717) is 19.3 Å². The zero-order valence-corrected chi connectivity index (χ0v) is 78.3. The number of esters is 3. The van der Waals surface area contributed by atoms with Gasteiger partial charge in [-0.3, -0.25) is 32.5 Å². The van der Waals surface area contributed by atoms with E-state index in [-0.39, 0.29) is 19.3 Å². The fraction of sp³-hybridized carbons (Fsp3) is 0.792. The van der Waals surface area contributed by atoms with E-state index in [9.17, 15) is 43.5 Å². The van der Waals surface area contributed by atoms with Crippen LogP contribution in [-0.4, -0.2) is 95.9 Å². The minimum absolute atomic E-state index is 0.111. The molecule has 0 rings (SSSR count). The fourth-order valence-corrected chi connectivity index (χ4v) is 15.6. The molecule has 5 unspecified atom stereocenters. The third-order valence-electron chi connectivity index (χ3n) is 21.5. The predicted molar refractivity (Wildman–Crippen MR) is 501 cm³/mol. The molecule has 0 aliphatic carbocycles. The molecule has 0 spiro atoms. The largest absolute Gasteiger partial charge is 0.472 e. The van der Waals surface area contributed by atoms with Crippen molar-refractivity contribution < 1.29 is 75.8 Å². The number of allylic oxidation sites excluding steroid dienone is 18. The van der Waals surface area contributed by atoms with Crippen molar-refractivity contribution in [1.82, 2.24) is 0 Å². The maximum Gasteiger partial charge on any atom is 0.472 e. The summed E-state index contributed by atoms with van der Waals surface area (Å²) in [6.45, 7) is 2.64. The second kappa shape index (κ2) is 93.4. The number of aliphatic hydroxyl groups is 2. The van der Waals surface area contributed by atoms with Crippen LogP contribution in [0.1, 0.15) is 457 Å². The third-order valence-corrected chi connectivity index (χ3v) is 23.4. The second-order valence-electron chi connectivity index (χ2n) is 33.2. The molecule has 0 aromatic carbocycles. The van der Waals surface area contributed by atoms with Crippen LogP contribution in [0.3, 0.4) is 0 Å². The van der Waals surface area contributed by atoms with Gasteiger partial charge in [-0.1, -0.05) is 438 Å². The van der Waals surface area contributed by atoms with Crippen LogP contribution < -0.4 is 0 Å². The molecule has 119 heavy (non-hydrogen) atoms. The van der Waals surface area contributed by atoms with Crippen molar-refractivity contribution >= 4 is 33.6 Å². The van der Waals surface area contributed by atoms with Crippen molar-refractivity contribution in [3.05, 3.63) is 109 Å². The molecule has 4 N–H and O–H groups in total. The maximum atomic E-state index is 13.0. The molecular formula is C101H182O16P2. The van der Waals surface area contributed by atoms with Crippen molar-refractivity contribution in [1.29, 1.82) is 0 Å². The zero-order valence-electron chi connectivity index (χ0n) is 76.5. The molecule has 0 bridgehead atoms. The first-order chi connectivity index (χ1) is 58.2. The van der Waals surface area contributed by atoms with E-state index in [2.05, 4.69) is 130 Å². The Kier molecular flexibility index (Phi) is 90.4. The molecule has 16 nitrogen and oxygen atoms in total. The topological polar surface area (TPSA) is 231 Å². The van der Waals surface area contributed by atoms with E-state index in [1.54, 1.807) is 0 Å². The summed E-state index contributed by atoms with van der Waals surface area (Å²) >= 11 is 0. The average Bonchev–Trinajstić information content (AvgIpc) is 0.898. The van der Waals surface area contributed by atoms with E-state index in [1.807, 2.05) is 0 Å². The number of carbonyl (C=O) groups is 3. The van der Waals surface area contributed by atoms with Gasteiger partial charge in [-0.25, -0.2) is 9.13 Å². The summed E-state index contributed by atoms with van der Waals surface area (Å²) in [5.74, 6) is -1.54. The summed E-state index contributed by atoms with van der Waals surface area (Å²) in [6, 6.07) is 0. The molecule has 0 radical (unpaired) electrons. The lowest BCUT2D eigenvalue weighted by atomic mass is 10.0. The van der Waals surface area contributed by atoms with Crippen LogP contribution in [-0.2, 0) is 55.8 Å². The van der Waals surface area contributed by atoms with Crippen LogP contribution in [0.2, 0.25) is 0 Å². The first-order valence-corrected chi connectivity index (χ1v) is 52.2. The molecule has 0 saturated carbocycles. The molecule has 0 aliphatic heterocycles. The van der Waals surface area contributed by atoms with Gasteiger partial charge in [0.25, 0.3) is 0 Å². The van der Waals surface area contributed by atoms with E-state index >= 15 is 0 Å². The Hall–Kier alpha value is -3.79. The summed E-state index contributed by atoms with van der Waals surface area (Å²) < 4.78 is 61.5. The summed E-state index contributed by atoms with van der Waals surface area (Å²) in [5, 5.41) is 20.7. The van der Waals surface area contributed by atoms with Gasteiger partial charge in [0, 0.05) is 19.3 Å². The molecule has 692 valence electrons. The van der Waals surface area contributed by atoms with Gasteiger partial charge in [0.15, 0.2) is 6.10 Å². The lowest BCUT2D eigenvalue weighted by Gasteiger charge is -2.21. The van der Waals surface area contributed by atoms with Gasteiger partial charge < -0.3 is 34.2 Å². The minimum Gasteiger partial charge on any atom is -0.463 e.